The minimum atomic E-state index is 0.173. The van der Waals surface area contributed by atoms with Crippen LogP contribution in [-0.4, -0.2) is 48.0 Å². The highest BCUT2D eigenvalue weighted by Gasteiger charge is 2.27. The molecule has 1 heterocycles. The highest BCUT2D eigenvalue weighted by molar-refractivity contribution is 5.82. The van der Waals surface area contributed by atoms with Crippen molar-refractivity contribution in [2.75, 3.05) is 26.7 Å². The molecule has 0 aromatic carbocycles. The second-order valence-electron chi connectivity index (χ2n) is 4.52. The fourth-order valence-corrected chi connectivity index (χ4v) is 1.73. The number of aliphatic imine (C=N–C) groups is 1. The SMILES string of the molecule is CCN(C1=NCCN1C)C(C)(C)C. The summed E-state index contributed by atoms with van der Waals surface area (Å²) in [7, 11) is 2.11. The van der Waals surface area contributed by atoms with Gasteiger partial charge in [0.25, 0.3) is 0 Å². The van der Waals surface area contributed by atoms with Crippen LogP contribution in [0.3, 0.4) is 0 Å². The molecule has 0 saturated carbocycles. The molecule has 1 rings (SSSR count). The lowest BCUT2D eigenvalue weighted by atomic mass is 10.1. The van der Waals surface area contributed by atoms with Crippen LogP contribution in [-0.2, 0) is 0 Å². The van der Waals surface area contributed by atoms with Crippen LogP contribution in [0.25, 0.3) is 0 Å². The molecule has 0 bridgehead atoms. The lowest BCUT2D eigenvalue weighted by Gasteiger charge is -2.38. The third kappa shape index (κ3) is 2.14. The fraction of sp³-hybridized carbons (Fsp3) is 0.900. The number of hydrogen-bond acceptors (Lipinski definition) is 3. The van der Waals surface area contributed by atoms with Crippen LogP contribution in [0.1, 0.15) is 27.7 Å². The summed E-state index contributed by atoms with van der Waals surface area (Å²) in [5.41, 5.74) is 0.173. The Balaban J connectivity index is 2.78. The average Bonchev–Trinajstić information content (AvgIpc) is 2.35. The molecule has 0 atom stereocenters. The zero-order valence-electron chi connectivity index (χ0n) is 9.46. The van der Waals surface area contributed by atoms with Gasteiger partial charge in [0.2, 0.25) is 0 Å². The quantitative estimate of drug-likeness (QED) is 0.612. The number of likely N-dealkylation sites (N-methyl/N-ethyl adjacent to an activating group) is 1. The third-order valence-electron chi connectivity index (χ3n) is 2.40. The molecule has 3 nitrogen and oxygen atoms in total. The molecule has 0 radical (unpaired) electrons. The maximum absolute atomic E-state index is 4.52. The van der Waals surface area contributed by atoms with Crippen LogP contribution >= 0.6 is 0 Å². The van der Waals surface area contributed by atoms with Crippen LogP contribution in [0.2, 0.25) is 0 Å². The number of guanidine groups is 1. The van der Waals surface area contributed by atoms with Crippen molar-refractivity contribution in [2.45, 2.75) is 33.2 Å². The van der Waals surface area contributed by atoms with E-state index in [1.54, 1.807) is 0 Å². The molecule has 0 aromatic rings. The molecule has 0 aliphatic carbocycles. The van der Waals surface area contributed by atoms with Crippen LogP contribution in [0.4, 0.5) is 0 Å². The summed E-state index contributed by atoms with van der Waals surface area (Å²) in [6.07, 6.45) is 0. The molecule has 0 N–H and O–H groups in total. The number of nitrogens with zero attached hydrogens (tertiary/aromatic N) is 3. The van der Waals surface area contributed by atoms with E-state index in [-0.39, 0.29) is 5.54 Å². The van der Waals surface area contributed by atoms with Gasteiger partial charge >= 0.3 is 0 Å². The van der Waals surface area contributed by atoms with E-state index in [0.29, 0.717) is 0 Å². The highest BCUT2D eigenvalue weighted by atomic mass is 15.4. The van der Waals surface area contributed by atoms with Gasteiger partial charge in [-0.05, 0) is 27.7 Å². The van der Waals surface area contributed by atoms with Gasteiger partial charge < -0.3 is 9.80 Å². The monoisotopic (exact) mass is 183 g/mol. The van der Waals surface area contributed by atoms with E-state index in [1.165, 1.54) is 0 Å². The Morgan fingerprint density at radius 1 is 1.46 bits per heavy atom. The first-order chi connectivity index (χ1) is 5.96. The summed E-state index contributed by atoms with van der Waals surface area (Å²) in [4.78, 5) is 9.10. The van der Waals surface area contributed by atoms with E-state index in [4.69, 9.17) is 0 Å². The Labute approximate surface area is 81.4 Å². The van der Waals surface area contributed by atoms with Gasteiger partial charge in [-0.2, -0.15) is 0 Å². The van der Waals surface area contributed by atoms with Gasteiger partial charge in [0.15, 0.2) is 5.96 Å². The lowest BCUT2D eigenvalue weighted by Crippen LogP contribution is -2.50. The first kappa shape index (κ1) is 10.4. The Bertz CT molecular complexity index is 203. The number of rotatable bonds is 1. The van der Waals surface area contributed by atoms with Gasteiger partial charge in [-0.15, -0.1) is 0 Å². The molecular formula is C10H21N3. The predicted molar refractivity (Wildman–Crippen MR) is 57.1 cm³/mol. The van der Waals surface area contributed by atoms with Crippen molar-refractivity contribution in [1.29, 1.82) is 0 Å². The smallest absolute Gasteiger partial charge is 0.196 e. The molecule has 1 aliphatic rings. The summed E-state index contributed by atoms with van der Waals surface area (Å²) < 4.78 is 0. The summed E-state index contributed by atoms with van der Waals surface area (Å²) >= 11 is 0. The normalized spacial score (nSPS) is 17.6. The Morgan fingerprint density at radius 2 is 2.08 bits per heavy atom. The molecule has 0 fully saturated rings. The van der Waals surface area contributed by atoms with Gasteiger partial charge in [0.1, 0.15) is 0 Å². The van der Waals surface area contributed by atoms with E-state index in [2.05, 4.69) is 49.5 Å². The van der Waals surface area contributed by atoms with Crippen molar-refractivity contribution in [3.63, 3.8) is 0 Å². The molecule has 13 heavy (non-hydrogen) atoms. The standard InChI is InChI=1S/C10H21N3/c1-6-13(10(2,3)4)9-11-7-8-12(9)5/h6-8H2,1-5H3. The van der Waals surface area contributed by atoms with Crippen LogP contribution in [0.5, 0.6) is 0 Å². The predicted octanol–water partition coefficient (Wildman–Crippen LogP) is 1.41. The number of hydrogen-bond donors (Lipinski definition) is 0. The largest absolute Gasteiger partial charge is 0.344 e. The van der Waals surface area contributed by atoms with E-state index < -0.39 is 0 Å². The fourth-order valence-electron chi connectivity index (χ4n) is 1.73. The Kier molecular flexibility index (Phi) is 2.84. The topological polar surface area (TPSA) is 18.8 Å². The van der Waals surface area contributed by atoms with Crippen molar-refractivity contribution in [3.05, 3.63) is 0 Å². The minimum Gasteiger partial charge on any atom is -0.344 e. The van der Waals surface area contributed by atoms with Crippen molar-refractivity contribution in [3.8, 4) is 0 Å². The second kappa shape index (κ2) is 3.56. The van der Waals surface area contributed by atoms with E-state index >= 15 is 0 Å². The first-order valence-corrected chi connectivity index (χ1v) is 5.00. The van der Waals surface area contributed by atoms with Crippen molar-refractivity contribution in [1.82, 2.24) is 9.80 Å². The molecule has 1 aliphatic heterocycles. The minimum absolute atomic E-state index is 0.173. The van der Waals surface area contributed by atoms with Crippen LogP contribution < -0.4 is 0 Å². The van der Waals surface area contributed by atoms with Gasteiger partial charge in [0, 0.05) is 25.7 Å². The third-order valence-corrected chi connectivity index (χ3v) is 2.40. The zero-order chi connectivity index (χ0) is 10.1. The second-order valence-corrected chi connectivity index (χ2v) is 4.52. The molecule has 0 amide bonds. The van der Waals surface area contributed by atoms with Crippen LogP contribution in [0, 0.1) is 0 Å². The van der Waals surface area contributed by atoms with E-state index in [1.807, 2.05) is 0 Å². The molecule has 0 saturated heterocycles. The maximum atomic E-state index is 4.52. The van der Waals surface area contributed by atoms with Gasteiger partial charge in [-0.1, -0.05) is 0 Å². The summed E-state index contributed by atoms with van der Waals surface area (Å²) in [6, 6.07) is 0. The van der Waals surface area contributed by atoms with E-state index in [0.717, 1.165) is 25.6 Å². The maximum Gasteiger partial charge on any atom is 0.196 e. The highest BCUT2D eigenvalue weighted by Crippen LogP contribution is 2.16. The lowest BCUT2D eigenvalue weighted by molar-refractivity contribution is 0.224. The summed E-state index contributed by atoms with van der Waals surface area (Å²) in [5, 5.41) is 0. The van der Waals surface area contributed by atoms with Gasteiger partial charge in [0.05, 0.1) is 6.54 Å². The molecule has 0 aromatic heterocycles. The van der Waals surface area contributed by atoms with Crippen molar-refractivity contribution < 1.29 is 0 Å². The average molecular weight is 183 g/mol. The first-order valence-electron chi connectivity index (χ1n) is 5.00. The van der Waals surface area contributed by atoms with Crippen LogP contribution in [0.15, 0.2) is 4.99 Å². The van der Waals surface area contributed by atoms with Crippen molar-refractivity contribution >= 4 is 5.96 Å². The van der Waals surface area contributed by atoms with Gasteiger partial charge in [-0.3, -0.25) is 4.99 Å². The van der Waals surface area contributed by atoms with Gasteiger partial charge in [-0.25, -0.2) is 0 Å². The molecular weight excluding hydrogens is 162 g/mol. The Hall–Kier alpha value is -0.730. The zero-order valence-corrected chi connectivity index (χ0v) is 9.46. The molecule has 0 unspecified atom stereocenters. The summed E-state index contributed by atoms with van der Waals surface area (Å²) in [6.45, 7) is 11.9. The molecule has 76 valence electrons. The Morgan fingerprint density at radius 3 is 2.38 bits per heavy atom. The summed E-state index contributed by atoms with van der Waals surface area (Å²) in [5.74, 6) is 1.15. The van der Waals surface area contributed by atoms with E-state index in [9.17, 15) is 0 Å². The van der Waals surface area contributed by atoms with Crippen molar-refractivity contribution in [2.24, 2.45) is 4.99 Å². The molecule has 3 heteroatoms. The molecule has 0 spiro atoms.